The van der Waals surface area contributed by atoms with Gasteiger partial charge in [-0.05, 0) is 258 Å². The average molecular weight is 1360 g/mol. The fraction of sp³-hybridized carbons (Fsp3) is 0.0400. The van der Waals surface area contributed by atoms with Crippen molar-refractivity contribution >= 4 is 181 Å². The van der Waals surface area contributed by atoms with Gasteiger partial charge in [0.1, 0.15) is 11.6 Å². The van der Waals surface area contributed by atoms with Gasteiger partial charge in [0.2, 0.25) is 0 Å². The minimum atomic E-state index is -0.158. The van der Waals surface area contributed by atoms with Crippen LogP contribution >= 0.6 is 181 Å². The standard InChI is InChI=1S/C25H10F2I8/c26-24-18(32)6-12(7-19(24)33)22-14(28)2-10(3-15(22)29)1-11-4-16(30)23(17(31)5-11)13-8-20(34)25(27)21(35)9-13/h2-9H,1H2. The molecule has 0 unspecified atom stereocenters. The molecule has 0 radical (unpaired) electrons. The van der Waals surface area contributed by atoms with Crippen molar-refractivity contribution in [2.75, 3.05) is 0 Å². The molecule has 0 aromatic heterocycles. The quantitative estimate of drug-likeness (QED) is 0.141. The number of halogens is 10. The second-order valence-corrected chi connectivity index (χ2v) is 16.9. The summed E-state index contributed by atoms with van der Waals surface area (Å²) < 4.78 is 35.5. The molecule has 0 aliphatic carbocycles. The zero-order chi connectivity index (χ0) is 25.6. The van der Waals surface area contributed by atoms with E-state index >= 15 is 0 Å². The summed E-state index contributed by atoms with van der Waals surface area (Å²) in [6.07, 6.45) is 0.815. The van der Waals surface area contributed by atoms with Gasteiger partial charge in [-0.2, -0.15) is 0 Å². The topological polar surface area (TPSA) is 0 Å². The Labute approximate surface area is 311 Å². The molecule has 35 heavy (non-hydrogen) atoms. The van der Waals surface area contributed by atoms with Gasteiger partial charge in [0.25, 0.3) is 0 Å². The molecule has 180 valence electrons. The van der Waals surface area contributed by atoms with Crippen LogP contribution in [0.2, 0.25) is 0 Å². The molecule has 0 saturated heterocycles. The lowest BCUT2D eigenvalue weighted by Gasteiger charge is -2.15. The molecule has 0 saturated carbocycles. The largest absolute Gasteiger partial charge is 0.205 e. The predicted octanol–water partition coefficient (Wildman–Crippen LogP) is 11.7. The maximum absolute atomic E-state index is 14.2. The maximum atomic E-state index is 14.2. The second kappa shape index (κ2) is 13.0. The molecule has 0 atom stereocenters. The van der Waals surface area contributed by atoms with Crippen LogP contribution in [0.5, 0.6) is 0 Å². The number of benzene rings is 4. The van der Waals surface area contributed by atoms with E-state index in [9.17, 15) is 8.78 Å². The summed E-state index contributed by atoms with van der Waals surface area (Å²) in [6, 6.07) is 16.5. The highest BCUT2D eigenvalue weighted by molar-refractivity contribution is 14.1. The second-order valence-electron chi connectivity index (χ2n) is 7.55. The molecule has 4 aromatic carbocycles. The molecule has 0 amide bonds. The van der Waals surface area contributed by atoms with Crippen LogP contribution in [0, 0.1) is 40.2 Å². The molecule has 4 aromatic rings. The lowest BCUT2D eigenvalue weighted by molar-refractivity contribution is 0.612. The van der Waals surface area contributed by atoms with E-state index in [1.54, 1.807) is 0 Å². The molecule has 0 spiro atoms. The molecular weight excluding hydrogens is 1350 g/mol. The van der Waals surface area contributed by atoms with Gasteiger partial charge in [0.05, 0.1) is 14.3 Å². The van der Waals surface area contributed by atoms with Gasteiger partial charge in [0, 0.05) is 25.4 Å². The third-order valence-corrected chi connectivity index (χ3v) is 11.7. The van der Waals surface area contributed by atoms with Crippen molar-refractivity contribution in [2.24, 2.45) is 0 Å². The summed E-state index contributed by atoms with van der Waals surface area (Å²) in [5.74, 6) is -0.316. The first kappa shape index (κ1) is 30.5. The molecule has 0 fully saturated rings. The maximum Gasteiger partial charge on any atom is 0.149 e. The molecule has 0 N–H and O–H groups in total. The van der Waals surface area contributed by atoms with Crippen molar-refractivity contribution in [3.63, 3.8) is 0 Å². The van der Waals surface area contributed by atoms with Gasteiger partial charge in [-0.25, -0.2) is 8.78 Å². The Hall–Kier alpha value is 2.58. The number of hydrogen-bond donors (Lipinski definition) is 0. The normalized spacial score (nSPS) is 11.3. The summed E-state index contributed by atoms with van der Waals surface area (Å²) in [7, 11) is 0. The molecular formula is C25H10F2I8. The van der Waals surface area contributed by atoms with Gasteiger partial charge in [0.15, 0.2) is 0 Å². The van der Waals surface area contributed by atoms with Crippen molar-refractivity contribution in [2.45, 2.75) is 6.42 Å². The fourth-order valence-corrected chi connectivity index (χ4v) is 12.2. The zero-order valence-electron chi connectivity index (χ0n) is 17.1. The highest BCUT2D eigenvalue weighted by Gasteiger charge is 2.17. The first-order valence-electron chi connectivity index (χ1n) is 9.72. The third kappa shape index (κ3) is 7.08. The monoisotopic (exact) mass is 1360 g/mol. The van der Waals surface area contributed by atoms with E-state index in [4.69, 9.17) is 0 Å². The Balaban J connectivity index is 1.69. The van der Waals surface area contributed by atoms with E-state index in [1.165, 1.54) is 11.1 Å². The first-order chi connectivity index (χ1) is 16.5. The summed E-state index contributed by atoms with van der Waals surface area (Å²) in [5.41, 5.74) is 6.84. The van der Waals surface area contributed by atoms with E-state index < -0.39 is 0 Å². The van der Waals surface area contributed by atoms with Crippen LogP contribution in [0.3, 0.4) is 0 Å². The molecule has 10 heteroatoms. The van der Waals surface area contributed by atoms with Gasteiger partial charge in [-0.1, -0.05) is 0 Å². The first-order valence-corrected chi connectivity index (χ1v) is 18.3. The molecule has 0 bridgehead atoms. The SMILES string of the molecule is Fc1c(I)cc(-c2c(I)cc(Cc3cc(I)c(-c4cc(I)c(F)c(I)c4)c(I)c3)cc2I)cc1I. The van der Waals surface area contributed by atoms with Crippen molar-refractivity contribution < 1.29 is 8.78 Å². The number of rotatable bonds is 4. The van der Waals surface area contributed by atoms with Crippen LogP contribution < -0.4 is 0 Å². The van der Waals surface area contributed by atoms with Gasteiger partial charge >= 0.3 is 0 Å². The Morgan fingerprint density at radius 1 is 0.400 bits per heavy atom. The Morgan fingerprint density at radius 3 is 0.914 bits per heavy atom. The predicted molar refractivity (Wildman–Crippen MR) is 208 cm³/mol. The van der Waals surface area contributed by atoms with E-state index in [1.807, 2.05) is 24.3 Å². The van der Waals surface area contributed by atoms with Gasteiger partial charge in [-0.3, -0.25) is 0 Å². The summed E-state index contributed by atoms with van der Waals surface area (Å²) in [5, 5.41) is 0. The highest BCUT2D eigenvalue weighted by atomic mass is 127. The summed E-state index contributed by atoms with van der Waals surface area (Å²) in [4.78, 5) is 0. The van der Waals surface area contributed by atoms with Crippen LogP contribution in [0.4, 0.5) is 8.78 Å². The van der Waals surface area contributed by atoms with Gasteiger partial charge in [-0.15, -0.1) is 0 Å². The van der Waals surface area contributed by atoms with Gasteiger partial charge < -0.3 is 0 Å². The van der Waals surface area contributed by atoms with E-state index in [-0.39, 0.29) is 11.6 Å². The Bertz CT molecular complexity index is 1280. The van der Waals surface area contributed by atoms with Crippen LogP contribution in [0.1, 0.15) is 11.1 Å². The van der Waals surface area contributed by atoms with Crippen molar-refractivity contribution in [3.8, 4) is 22.3 Å². The Morgan fingerprint density at radius 2 is 0.657 bits per heavy atom. The summed E-state index contributed by atoms with van der Waals surface area (Å²) in [6.45, 7) is 0. The Kier molecular flexibility index (Phi) is 11.4. The van der Waals surface area contributed by atoms with E-state index in [0.717, 1.165) is 43.0 Å². The minimum Gasteiger partial charge on any atom is -0.205 e. The van der Waals surface area contributed by atoms with Crippen molar-refractivity contribution in [1.82, 2.24) is 0 Å². The molecule has 0 aliphatic heterocycles. The smallest absolute Gasteiger partial charge is 0.149 e. The van der Waals surface area contributed by atoms with Crippen molar-refractivity contribution in [3.05, 3.63) is 99.9 Å². The minimum absolute atomic E-state index is 0.158. The highest BCUT2D eigenvalue weighted by Crippen LogP contribution is 2.37. The lowest BCUT2D eigenvalue weighted by atomic mass is 9.98. The van der Waals surface area contributed by atoms with Crippen LogP contribution in [-0.2, 0) is 6.42 Å². The van der Waals surface area contributed by atoms with E-state index in [2.05, 4.69) is 205 Å². The lowest BCUT2D eigenvalue weighted by Crippen LogP contribution is -1.99. The van der Waals surface area contributed by atoms with Crippen molar-refractivity contribution in [1.29, 1.82) is 0 Å². The molecule has 0 heterocycles. The molecule has 4 rings (SSSR count). The molecule has 0 aliphatic rings. The van der Waals surface area contributed by atoms with Crippen LogP contribution in [0.15, 0.2) is 48.5 Å². The third-order valence-electron chi connectivity index (χ3n) is 5.16. The van der Waals surface area contributed by atoms with Crippen LogP contribution in [-0.4, -0.2) is 0 Å². The average Bonchev–Trinajstić information content (AvgIpc) is 2.74. The zero-order valence-corrected chi connectivity index (χ0v) is 34.4. The van der Waals surface area contributed by atoms with E-state index in [0.29, 0.717) is 14.3 Å². The fourth-order valence-electron chi connectivity index (χ4n) is 3.64. The molecule has 0 nitrogen and oxygen atoms in total. The van der Waals surface area contributed by atoms with Crippen LogP contribution in [0.25, 0.3) is 22.3 Å². The summed E-state index contributed by atoms with van der Waals surface area (Å²) >= 11 is 17.8. The number of hydrogen-bond acceptors (Lipinski definition) is 0.